The minimum atomic E-state index is 0.127. The van der Waals surface area contributed by atoms with Gasteiger partial charge in [0.05, 0.1) is 6.61 Å². The Labute approximate surface area is 131 Å². The van der Waals surface area contributed by atoms with E-state index in [1.165, 1.54) is 44.1 Å². The zero-order valence-corrected chi connectivity index (χ0v) is 14.0. The standard InChI is InChI=1S/C17H26BrNO/c1-2-20-14-9-10-15(16(18)12-14)17(19)11-8-13-6-4-3-5-7-13/h9-10,12-13,17H,2-8,11,19H2,1H3. The number of nitrogens with two attached hydrogens (primary N) is 1. The van der Waals surface area contributed by atoms with Crippen LogP contribution >= 0.6 is 15.9 Å². The number of ether oxygens (including phenoxy) is 1. The van der Waals surface area contributed by atoms with Gasteiger partial charge in [-0.2, -0.15) is 0 Å². The molecule has 1 atom stereocenters. The van der Waals surface area contributed by atoms with Gasteiger partial charge in [-0.25, -0.2) is 0 Å². The summed E-state index contributed by atoms with van der Waals surface area (Å²) in [6, 6.07) is 6.27. The molecule has 1 saturated carbocycles. The van der Waals surface area contributed by atoms with Crippen molar-refractivity contribution in [3.63, 3.8) is 0 Å². The van der Waals surface area contributed by atoms with Crippen molar-refractivity contribution in [1.29, 1.82) is 0 Å². The third-order valence-corrected chi connectivity index (χ3v) is 4.98. The van der Waals surface area contributed by atoms with Crippen molar-refractivity contribution >= 4 is 15.9 Å². The van der Waals surface area contributed by atoms with Crippen LogP contribution in [-0.4, -0.2) is 6.61 Å². The van der Waals surface area contributed by atoms with Gasteiger partial charge in [0.1, 0.15) is 5.75 Å². The molecular weight excluding hydrogens is 314 g/mol. The summed E-state index contributed by atoms with van der Waals surface area (Å²) in [5, 5.41) is 0. The Hall–Kier alpha value is -0.540. The first-order chi connectivity index (χ1) is 9.70. The van der Waals surface area contributed by atoms with Gasteiger partial charge in [0.25, 0.3) is 0 Å². The Morgan fingerprint density at radius 1 is 1.30 bits per heavy atom. The summed E-state index contributed by atoms with van der Waals surface area (Å²) >= 11 is 3.62. The average Bonchev–Trinajstić information content (AvgIpc) is 2.46. The molecule has 20 heavy (non-hydrogen) atoms. The number of hydrogen-bond acceptors (Lipinski definition) is 2. The molecule has 0 aliphatic heterocycles. The lowest BCUT2D eigenvalue weighted by Gasteiger charge is -2.23. The molecule has 0 heterocycles. The van der Waals surface area contributed by atoms with E-state index in [9.17, 15) is 0 Å². The number of rotatable bonds is 6. The summed E-state index contributed by atoms with van der Waals surface area (Å²) in [5.74, 6) is 1.80. The van der Waals surface area contributed by atoms with Gasteiger partial charge in [-0.05, 0) is 43.4 Å². The molecule has 2 nitrogen and oxygen atoms in total. The van der Waals surface area contributed by atoms with Gasteiger partial charge in [-0.15, -0.1) is 0 Å². The molecule has 1 aromatic carbocycles. The van der Waals surface area contributed by atoms with E-state index in [4.69, 9.17) is 10.5 Å². The van der Waals surface area contributed by atoms with Crippen molar-refractivity contribution in [2.45, 2.75) is 57.9 Å². The van der Waals surface area contributed by atoms with Crippen LogP contribution in [0.3, 0.4) is 0 Å². The van der Waals surface area contributed by atoms with Gasteiger partial charge in [-0.1, -0.05) is 54.1 Å². The second-order valence-electron chi connectivity index (χ2n) is 5.80. The first kappa shape index (κ1) is 15.8. The van der Waals surface area contributed by atoms with Gasteiger partial charge in [0.15, 0.2) is 0 Å². The van der Waals surface area contributed by atoms with Crippen LogP contribution in [0.25, 0.3) is 0 Å². The van der Waals surface area contributed by atoms with Crippen molar-refractivity contribution in [2.75, 3.05) is 6.61 Å². The van der Waals surface area contributed by atoms with E-state index in [0.717, 1.165) is 22.6 Å². The molecule has 1 unspecified atom stereocenters. The van der Waals surface area contributed by atoms with Gasteiger partial charge < -0.3 is 10.5 Å². The lowest BCUT2D eigenvalue weighted by Crippen LogP contribution is -2.14. The summed E-state index contributed by atoms with van der Waals surface area (Å²) in [6.07, 6.45) is 9.39. The Bertz CT molecular complexity index is 415. The molecule has 0 amide bonds. The third-order valence-electron chi connectivity index (χ3n) is 4.29. The fraction of sp³-hybridized carbons (Fsp3) is 0.647. The molecule has 0 spiro atoms. The highest BCUT2D eigenvalue weighted by atomic mass is 79.9. The topological polar surface area (TPSA) is 35.2 Å². The van der Waals surface area contributed by atoms with Crippen molar-refractivity contribution in [3.8, 4) is 5.75 Å². The monoisotopic (exact) mass is 339 g/mol. The van der Waals surface area contributed by atoms with Crippen molar-refractivity contribution < 1.29 is 4.74 Å². The van der Waals surface area contributed by atoms with E-state index in [-0.39, 0.29) is 6.04 Å². The average molecular weight is 340 g/mol. The molecule has 0 saturated heterocycles. The zero-order valence-electron chi connectivity index (χ0n) is 12.4. The molecule has 0 bridgehead atoms. The van der Waals surface area contributed by atoms with E-state index < -0.39 is 0 Å². The van der Waals surface area contributed by atoms with Gasteiger partial charge >= 0.3 is 0 Å². The Morgan fingerprint density at radius 3 is 2.70 bits per heavy atom. The first-order valence-corrected chi connectivity index (χ1v) is 8.67. The van der Waals surface area contributed by atoms with Crippen LogP contribution in [0.4, 0.5) is 0 Å². The Balaban J connectivity index is 1.89. The molecule has 0 radical (unpaired) electrons. The second kappa shape index (κ2) is 8.04. The molecule has 1 aliphatic carbocycles. The summed E-state index contributed by atoms with van der Waals surface area (Å²) in [7, 11) is 0. The summed E-state index contributed by atoms with van der Waals surface area (Å²) in [6.45, 7) is 2.69. The third kappa shape index (κ3) is 4.49. The summed E-state index contributed by atoms with van der Waals surface area (Å²) in [4.78, 5) is 0. The molecule has 3 heteroatoms. The van der Waals surface area contributed by atoms with E-state index in [0.29, 0.717) is 6.61 Å². The molecule has 0 aromatic heterocycles. The van der Waals surface area contributed by atoms with Crippen LogP contribution in [0.15, 0.2) is 22.7 Å². The predicted molar refractivity (Wildman–Crippen MR) is 88.0 cm³/mol. The van der Waals surface area contributed by atoms with Crippen LogP contribution in [0.5, 0.6) is 5.75 Å². The van der Waals surface area contributed by atoms with Crippen LogP contribution in [-0.2, 0) is 0 Å². The maximum Gasteiger partial charge on any atom is 0.120 e. The SMILES string of the molecule is CCOc1ccc(C(N)CCC2CCCCC2)c(Br)c1. The highest BCUT2D eigenvalue weighted by molar-refractivity contribution is 9.10. The Kier molecular flexibility index (Phi) is 6.37. The summed E-state index contributed by atoms with van der Waals surface area (Å²) < 4.78 is 6.57. The molecular formula is C17H26BrNO. The fourth-order valence-electron chi connectivity index (χ4n) is 3.11. The van der Waals surface area contributed by atoms with Crippen molar-refractivity contribution in [3.05, 3.63) is 28.2 Å². The van der Waals surface area contributed by atoms with Gasteiger partial charge in [-0.3, -0.25) is 0 Å². The molecule has 1 aliphatic rings. The molecule has 2 rings (SSSR count). The maximum absolute atomic E-state index is 6.37. The van der Waals surface area contributed by atoms with Crippen molar-refractivity contribution in [1.82, 2.24) is 0 Å². The lowest BCUT2D eigenvalue weighted by molar-refractivity contribution is 0.323. The van der Waals surface area contributed by atoms with Crippen LogP contribution < -0.4 is 10.5 Å². The van der Waals surface area contributed by atoms with Crippen molar-refractivity contribution in [2.24, 2.45) is 11.7 Å². The smallest absolute Gasteiger partial charge is 0.120 e. The fourth-order valence-corrected chi connectivity index (χ4v) is 3.76. The number of hydrogen-bond donors (Lipinski definition) is 1. The zero-order chi connectivity index (χ0) is 14.4. The maximum atomic E-state index is 6.37. The summed E-state index contributed by atoms with van der Waals surface area (Å²) in [5.41, 5.74) is 7.56. The van der Waals surface area contributed by atoms with E-state index >= 15 is 0 Å². The molecule has 1 fully saturated rings. The molecule has 2 N–H and O–H groups in total. The molecule has 1 aromatic rings. The van der Waals surface area contributed by atoms with Gasteiger partial charge in [0, 0.05) is 10.5 Å². The highest BCUT2D eigenvalue weighted by Crippen LogP contribution is 2.32. The second-order valence-corrected chi connectivity index (χ2v) is 6.66. The minimum absolute atomic E-state index is 0.127. The number of benzene rings is 1. The first-order valence-electron chi connectivity index (χ1n) is 7.88. The predicted octanol–water partition coefficient (Wildman–Crippen LogP) is 5.21. The van der Waals surface area contributed by atoms with Crippen LogP contribution in [0.1, 0.15) is 63.5 Å². The van der Waals surface area contributed by atoms with Gasteiger partial charge in [0.2, 0.25) is 0 Å². The lowest BCUT2D eigenvalue weighted by atomic mass is 9.84. The highest BCUT2D eigenvalue weighted by Gasteiger charge is 2.16. The molecule has 112 valence electrons. The van der Waals surface area contributed by atoms with E-state index in [1.807, 2.05) is 19.1 Å². The van der Waals surface area contributed by atoms with E-state index in [1.54, 1.807) is 0 Å². The normalized spacial score (nSPS) is 17.9. The largest absolute Gasteiger partial charge is 0.494 e. The minimum Gasteiger partial charge on any atom is -0.494 e. The Morgan fingerprint density at radius 2 is 2.05 bits per heavy atom. The van der Waals surface area contributed by atoms with E-state index in [2.05, 4.69) is 22.0 Å². The van der Waals surface area contributed by atoms with Crippen LogP contribution in [0.2, 0.25) is 0 Å². The number of halogens is 1. The quantitative estimate of drug-likeness (QED) is 0.772. The van der Waals surface area contributed by atoms with Crippen LogP contribution in [0, 0.1) is 5.92 Å².